The molecule has 1 atom stereocenters. The Hall–Kier alpha value is -1.36. The highest BCUT2D eigenvalue weighted by atomic mass is 16.5. The van der Waals surface area contributed by atoms with Crippen molar-refractivity contribution in [2.75, 3.05) is 13.7 Å². The molecular formula is C12H21N3O2. The Morgan fingerprint density at radius 1 is 1.65 bits per heavy atom. The molecule has 1 rings (SSSR count). The van der Waals surface area contributed by atoms with Gasteiger partial charge in [-0.1, -0.05) is 13.8 Å². The summed E-state index contributed by atoms with van der Waals surface area (Å²) in [6.45, 7) is 5.24. The molecule has 0 amide bonds. The summed E-state index contributed by atoms with van der Waals surface area (Å²) in [5, 5.41) is 4.17. The number of hydrogen-bond acceptors (Lipinski definition) is 4. The first-order valence-electron chi connectivity index (χ1n) is 5.97. The molecule has 1 heterocycles. The molecule has 96 valence electrons. The number of hydrogen-bond donors (Lipinski definition) is 1. The van der Waals surface area contributed by atoms with Gasteiger partial charge in [0, 0.05) is 13.0 Å². The lowest BCUT2D eigenvalue weighted by Crippen LogP contribution is -2.18. The second-order valence-electron chi connectivity index (χ2n) is 4.25. The highest BCUT2D eigenvalue weighted by molar-refractivity contribution is 5.97. The molecule has 0 aliphatic rings. The Morgan fingerprint density at radius 3 is 2.88 bits per heavy atom. The Bertz CT molecular complexity index is 374. The lowest BCUT2D eigenvalue weighted by atomic mass is 10.0. The minimum absolute atomic E-state index is 0.0470. The van der Waals surface area contributed by atoms with Crippen LogP contribution < -0.4 is 10.5 Å². The number of carbonyl (C=O) groups excluding carboxylic acids is 1. The van der Waals surface area contributed by atoms with Gasteiger partial charge >= 0.3 is 0 Å². The van der Waals surface area contributed by atoms with Gasteiger partial charge in [-0.15, -0.1) is 0 Å². The minimum Gasteiger partial charge on any atom is -0.493 e. The zero-order valence-corrected chi connectivity index (χ0v) is 10.8. The van der Waals surface area contributed by atoms with Gasteiger partial charge in [-0.2, -0.15) is 5.10 Å². The number of ketones is 1. The normalized spacial score (nSPS) is 12.5. The van der Waals surface area contributed by atoms with Gasteiger partial charge in [-0.3, -0.25) is 9.48 Å². The molecule has 0 bridgehead atoms. The summed E-state index contributed by atoms with van der Waals surface area (Å²) in [7, 11) is 1.55. The standard InChI is InChI=1S/C12H21N3O2/c1-4-5-15-12(11(17-3)8-14-15)10(16)6-9(2)7-13/h8-9H,4-7,13H2,1-3H3. The van der Waals surface area contributed by atoms with Crippen molar-refractivity contribution in [3.63, 3.8) is 0 Å². The van der Waals surface area contributed by atoms with Crippen LogP contribution in [0.2, 0.25) is 0 Å². The summed E-state index contributed by atoms with van der Waals surface area (Å²) in [6.07, 6.45) is 2.95. The number of nitrogens with zero attached hydrogens (tertiary/aromatic N) is 2. The van der Waals surface area contributed by atoms with Crippen molar-refractivity contribution in [1.29, 1.82) is 0 Å². The quantitative estimate of drug-likeness (QED) is 0.731. The van der Waals surface area contributed by atoms with Gasteiger partial charge in [0.25, 0.3) is 0 Å². The summed E-state index contributed by atoms with van der Waals surface area (Å²) >= 11 is 0. The van der Waals surface area contributed by atoms with E-state index in [0.29, 0.717) is 24.4 Å². The summed E-state index contributed by atoms with van der Waals surface area (Å²) in [5.74, 6) is 0.774. The van der Waals surface area contributed by atoms with Crippen LogP contribution in [0.4, 0.5) is 0 Å². The van der Waals surface area contributed by atoms with Crippen LogP contribution in [0.3, 0.4) is 0 Å². The molecule has 0 radical (unpaired) electrons. The van der Waals surface area contributed by atoms with Crippen molar-refractivity contribution in [1.82, 2.24) is 9.78 Å². The van der Waals surface area contributed by atoms with E-state index in [2.05, 4.69) is 5.10 Å². The van der Waals surface area contributed by atoms with Gasteiger partial charge in [-0.05, 0) is 18.9 Å². The highest BCUT2D eigenvalue weighted by Gasteiger charge is 2.20. The second kappa shape index (κ2) is 6.39. The summed E-state index contributed by atoms with van der Waals surface area (Å²) in [4.78, 5) is 12.2. The highest BCUT2D eigenvalue weighted by Crippen LogP contribution is 2.21. The lowest BCUT2D eigenvalue weighted by Gasteiger charge is -2.10. The molecule has 1 unspecified atom stereocenters. The minimum atomic E-state index is 0.0470. The number of rotatable bonds is 7. The number of nitrogens with two attached hydrogens (primary N) is 1. The average Bonchev–Trinajstić information content (AvgIpc) is 2.72. The average molecular weight is 239 g/mol. The van der Waals surface area contributed by atoms with Gasteiger partial charge in [0.05, 0.1) is 13.3 Å². The smallest absolute Gasteiger partial charge is 0.184 e. The fourth-order valence-electron chi connectivity index (χ4n) is 1.68. The first-order chi connectivity index (χ1) is 8.13. The van der Waals surface area contributed by atoms with E-state index in [4.69, 9.17) is 10.5 Å². The zero-order chi connectivity index (χ0) is 12.8. The molecule has 5 nitrogen and oxygen atoms in total. The number of aromatic nitrogens is 2. The molecule has 1 aromatic rings. The maximum atomic E-state index is 12.2. The second-order valence-corrected chi connectivity index (χ2v) is 4.25. The van der Waals surface area contributed by atoms with E-state index in [-0.39, 0.29) is 11.7 Å². The van der Waals surface area contributed by atoms with Crippen LogP contribution >= 0.6 is 0 Å². The van der Waals surface area contributed by atoms with E-state index in [9.17, 15) is 4.79 Å². The fraction of sp³-hybridized carbons (Fsp3) is 0.667. The van der Waals surface area contributed by atoms with Crippen molar-refractivity contribution in [3.05, 3.63) is 11.9 Å². The SMILES string of the molecule is CCCn1ncc(OC)c1C(=O)CC(C)CN. The maximum absolute atomic E-state index is 12.2. The number of Topliss-reactive ketones (excluding diaryl/α,β-unsaturated/α-hetero) is 1. The van der Waals surface area contributed by atoms with E-state index in [1.54, 1.807) is 18.0 Å². The summed E-state index contributed by atoms with van der Waals surface area (Å²) < 4.78 is 6.89. The maximum Gasteiger partial charge on any atom is 0.184 e. The van der Waals surface area contributed by atoms with Gasteiger partial charge in [0.1, 0.15) is 5.69 Å². The Balaban J connectivity index is 2.92. The van der Waals surface area contributed by atoms with Crippen molar-refractivity contribution in [2.45, 2.75) is 33.2 Å². The molecular weight excluding hydrogens is 218 g/mol. The molecule has 0 fully saturated rings. The largest absolute Gasteiger partial charge is 0.493 e. The molecule has 0 saturated heterocycles. The van der Waals surface area contributed by atoms with Gasteiger partial charge in [0.15, 0.2) is 11.5 Å². The van der Waals surface area contributed by atoms with Gasteiger partial charge in [-0.25, -0.2) is 0 Å². The van der Waals surface area contributed by atoms with Gasteiger partial charge in [0.2, 0.25) is 0 Å². The molecule has 0 aliphatic carbocycles. The van der Waals surface area contributed by atoms with Crippen LogP contribution in [-0.2, 0) is 6.54 Å². The number of carbonyl (C=O) groups is 1. The molecule has 0 aromatic carbocycles. The van der Waals surface area contributed by atoms with Crippen LogP contribution in [0, 0.1) is 5.92 Å². The number of methoxy groups -OCH3 is 1. The monoisotopic (exact) mass is 239 g/mol. The first kappa shape index (κ1) is 13.7. The molecule has 0 saturated carbocycles. The Morgan fingerprint density at radius 2 is 2.35 bits per heavy atom. The van der Waals surface area contributed by atoms with Crippen LogP contribution in [0.1, 0.15) is 37.2 Å². The van der Waals surface area contributed by atoms with E-state index < -0.39 is 0 Å². The zero-order valence-electron chi connectivity index (χ0n) is 10.8. The molecule has 0 aliphatic heterocycles. The number of ether oxygens (including phenoxy) is 1. The Labute approximate surface area is 102 Å². The third-order valence-corrected chi connectivity index (χ3v) is 2.66. The van der Waals surface area contributed by atoms with E-state index in [1.165, 1.54) is 0 Å². The predicted molar refractivity (Wildman–Crippen MR) is 66.2 cm³/mol. The fourth-order valence-corrected chi connectivity index (χ4v) is 1.68. The molecule has 17 heavy (non-hydrogen) atoms. The molecule has 1 aromatic heterocycles. The van der Waals surface area contributed by atoms with Crippen LogP contribution in [0.5, 0.6) is 5.75 Å². The van der Waals surface area contributed by atoms with E-state index in [0.717, 1.165) is 13.0 Å². The van der Waals surface area contributed by atoms with E-state index >= 15 is 0 Å². The summed E-state index contributed by atoms with van der Waals surface area (Å²) in [6, 6.07) is 0. The third-order valence-electron chi connectivity index (χ3n) is 2.66. The topological polar surface area (TPSA) is 70.1 Å². The van der Waals surface area contributed by atoms with Crippen molar-refractivity contribution >= 4 is 5.78 Å². The van der Waals surface area contributed by atoms with E-state index in [1.807, 2.05) is 13.8 Å². The molecule has 2 N–H and O–H groups in total. The first-order valence-corrected chi connectivity index (χ1v) is 5.97. The number of aryl methyl sites for hydroxylation is 1. The molecule has 5 heteroatoms. The predicted octanol–water partition coefficient (Wildman–Crippen LogP) is 1.47. The van der Waals surface area contributed by atoms with Gasteiger partial charge < -0.3 is 10.5 Å². The van der Waals surface area contributed by atoms with Crippen molar-refractivity contribution in [2.24, 2.45) is 11.7 Å². The molecule has 0 spiro atoms. The van der Waals surface area contributed by atoms with Crippen molar-refractivity contribution in [3.8, 4) is 5.75 Å². The summed E-state index contributed by atoms with van der Waals surface area (Å²) in [5.41, 5.74) is 6.10. The van der Waals surface area contributed by atoms with Crippen LogP contribution in [0.25, 0.3) is 0 Å². The van der Waals surface area contributed by atoms with Crippen molar-refractivity contribution < 1.29 is 9.53 Å². The van der Waals surface area contributed by atoms with Crippen LogP contribution in [0.15, 0.2) is 6.20 Å². The Kier molecular flexibility index (Phi) is 5.15. The van der Waals surface area contributed by atoms with Crippen LogP contribution in [-0.4, -0.2) is 29.2 Å². The third kappa shape index (κ3) is 3.30. The lowest BCUT2D eigenvalue weighted by molar-refractivity contribution is 0.0952.